The number of fused-ring (bicyclic) bond motifs is 1. The van der Waals surface area contributed by atoms with Gasteiger partial charge < -0.3 is 21.4 Å². The Kier molecular flexibility index (Phi) is 7.88. The van der Waals surface area contributed by atoms with E-state index in [0.29, 0.717) is 36.5 Å². The van der Waals surface area contributed by atoms with Crippen LogP contribution in [0.15, 0.2) is 72.6 Å². The van der Waals surface area contributed by atoms with E-state index in [0.717, 1.165) is 34.3 Å². The number of carbonyl (C=O) groups is 2. The van der Waals surface area contributed by atoms with Crippen LogP contribution < -0.4 is 16.4 Å². The van der Waals surface area contributed by atoms with E-state index in [2.05, 4.69) is 54.8 Å². The molecule has 0 spiro atoms. The van der Waals surface area contributed by atoms with Crippen LogP contribution in [-0.2, 0) is 0 Å². The van der Waals surface area contributed by atoms with Gasteiger partial charge in [0.05, 0.1) is 41.4 Å². The fourth-order valence-electron chi connectivity index (χ4n) is 4.25. The number of hydrogen-bond acceptors (Lipinski definition) is 7. The molecule has 198 valence electrons. The molecule has 0 unspecified atom stereocenters. The highest BCUT2D eigenvalue weighted by Crippen LogP contribution is 2.26. The highest BCUT2D eigenvalue weighted by atomic mass is 32.1. The molecular formula is C28H26FN7O2S. The lowest BCUT2D eigenvalue weighted by atomic mass is 10.1. The Bertz CT molecular complexity index is 1600. The molecule has 0 aliphatic rings. The Balaban J connectivity index is 1.25. The highest BCUT2D eigenvalue weighted by Gasteiger charge is 2.20. The molecule has 0 saturated carbocycles. The molecule has 2 aromatic carbocycles. The van der Waals surface area contributed by atoms with Crippen molar-refractivity contribution >= 4 is 39.7 Å². The second kappa shape index (κ2) is 11.8. The second-order valence-corrected chi connectivity index (χ2v) is 9.86. The fourth-order valence-corrected chi connectivity index (χ4v) is 4.78. The number of thiazole rings is 1. The number of imidazole rings is 1. The van der Waals surface area contributed by atoms with Crippen LogP contribution in [0, 0.1) is 5.82 Å². The number of rotatable bonds is 10. The lowest BCUT2D eigenvalue weighted by Crippen LogP contribution is -2.29. The number of nitrogens with one attached hydrogen (secondary N) is 3. The Morgan fingerprint density at radius 3 is 2.67 bits per heavy atom. The number of nitrogen functional groups attached to an aromatic ring is 1. The van der Waals surface area contributed by atoms with Crippen molar-refractivity contribution in [2.45, 2.75) is 25.3 Å². The van der Waals surface area contributed by atoms with Crippen molar-refractivity contribution < 1.29 is 14.0 Å². The first-order valence-corrected chi connectivity index (χ1v) is 13.3. The molecule has 3 aromatic heterocycles. The second-order valence-electron chi connectivity index (χ2n) is 8.97. The number of halogens is 1. The maximum absolute atomic E-state index is 13.4. The minimum atomic E-state index is -0.629. The molecule has 5 rings (SSSR count). The van der Waals surface area contributed by atoms with Gasteiger partial charge in [-0.1, -0.05) is 36.4 Å². The number of nitrogens with two attached hydrogens (primary N) is 1. The van der Waals surface area contributed by atoms with Crippen LogP contribution in [0.4, 0.5) is 10.2 Å². The number of anilines is 1. The summed E-state index contributed by atoms with van der Waals surface area (Å²) in [4.78, 5) is 41.3. The normalized spacial score (nSPS) is 11.8. The van der Waals surface area contributed by atoms with Gasteiger partial charge in [0.25, 0.3) is 11.8 Å². The van der Waals surface area contributed by atoms with Gasteiger partial charge >= 0.3 is 0 Å². The van der Waals surface area contributed by atoms with E-state index >= 15 is 0 Å². The topological polar surface area (TPSA) is 139 Å². The zero-order valence-corrected chi connectivity index (χ0v) is 21.7. The SMILES string of the molecule is Nc1ncc(F)cc1C(=O)NCCCC[C@H](NC(=O)c1cncs1)c1ncc(-c2ccc3ccccc3c2)[nH]1. The van der Waals surface area contributed by atoms with Crippen LogP contribution in [0.2, 0.25) is 0 Å². The molecule has 3 heterocycles. The molecule has 39 heavy (non-hydrogen) atoms. The quantitative estimate of drug-likeness (QED) is 0.185. The van der Waals surface area contributed by atoms with E-state index in [4.69, 9.17) is 5.73 Å². The maximum atomic E-state index is 13.4. The molecule has 9 nitrogen and oxygen atoms in total. The van der Waals surface area contributed by atoms with Gasteiger partial charge in [0, 0.05) is 12.1 Å². The summed E-state index contributed by atoms with van der Waals surface area (Å²) in [7, 11) is 0. The predicted octanol–water partition coefficient (Wildman–Crippen LogP) is 4.87. The molecule has 5 aromatic rings. The maximum Gasteiger partial charge on any atom is 0.263 e. The van der Waals surface area contributed by atoms with E-state index < -0.39 is 11.7 Å². The van der Waals surface area contributed by atoms with Crippen molar-refractivity contribution in [3.63, 3.8) is 0 Å². The number of nitrogens with zero attached hydrogens (tertiary/aromatic N) is 3. The number of amides is 2. The zero-order chi connectivity index (χ0) is 27.2. The average Bonchev–Trinajstić information content (AvgIpc) is 3.66. The lowest BCUT2D eigenvalue weighted by molar-refractivity contribution is 0.0935. The highest BCUT2D eigenvalue weighted by molar-refractivity contribution is 7.11. The van der Waals surface area contributed by atoms with Gasteiger partial charge in [0.15, 0.2) is 0 Å². The molecule has 0 bridgehead atoms. The van der Waals surface area contributed by atoms with Crippen molar-refractivity contribution in [3.8, 4) is 11.3 Å². The predicted molar refractivity (Wildman–Crippen MR) is 149 cm³/mol. The molecule has 0 radical (unpaired) electrons. The van der Waals surface area contributed by atoms with Crippen LogP contribution >= 0.6 is 11.3 Å². The first-order chi connectivity index (χ1) is 19.0. The molecule has 1 atom stereocenters. The minimum absolute atomic E-state index is 0.00139. The molecule has 0 fully saturated rings. The van der Waals surface area contributed by atoms with E-state index in [9.17, 15) is 14.0 Å². The summed E-state index contributed by atoms with van der Waals surface area (Å²) in [6, 6.07) is 15.0. The van der Waals surface area contributed by atoms with Crippen molar-refractivity contribution in [3.05, 3.63) is 94.7 Å². The Hall–Kier alpha value is -4.64. The average molecular weight is 544 g/mol. The number of hydrogen-bond donors (Lipinski definition) is 4. The number of benzene rings is 2. The van der Waals surface area contributed by atoms with Gasteiger partial charge in [-0.15, -0.1) is 11.3 Å². The summed E-state index contributed by atoms with van der Waals surface area (Å²) < 4.78 is 13.4. The number of carbonyl (C=O) groups excluding carboxylic acids is 2. The van der Waals surface area contributed by atoms with Gasteiger partial charge in [-0.25, -0.2) is 14.4 Å². The number of unbranched alkanes of at least 4 members (excludes halogenated alkanes) is 1. The van der Waals surface area contributed by atoms with E-state index in [1.807, 2.05) is 18.2 Å². The lowest BCUT2D eigenvalue weighted by Gasteiger charge is -2.16. The van der Waals surface area contributed by atoms with E-state index in [1.165, 1.54) is 17.5 Å². The van der Waals surface area contributed by atoms with Crippen molar-refractivity contribution in [2.75, 3.05) is 12.3 Å². The van der Waals surface area contributed by atoms with Gasteiger partial charge in [0.2, 0.25) is 0 Å². The Morgan fingerprint density at radius 1 is 1.00 bits per heavy atom. The van der Waals surface area contributed by atoms with Crippen LogP contribution in [-0.4, -0.2) is 38.3 Å². The zero-order valence-electron chi connectivity index (χ0n) is 20.9. The number of aromatic nitrogens is 4. The van der Waals surface area contributed by atoms with Crippen LogP contribution in [0.3, 0.4) is 0 Å². The van der Waals surface area contributed by atoms with Gasteiger partial charge in [-0.3, -0.25) is 14.6 Å². The molecule has 5 N–H and O–H groups in total. The van der Waals surface area contributed by atoms with Crippen LogP contribution in [0.1, 0.15) is 51.2 Å². The van der Waals surface area contributed by atoms with Crippen molar-refractivity contribution in [2.24, 2.45) is 0 Å². The van der Waals surface area contributed by atoms with Gasteiger partial charge in [0.1, 0.15) is 22.3 Å². The molecule has 0 aliphatic carbocycles. The monoisotopic (exact) mass is 543 g/mol. The Morgan fingerprint density at radius 2 is 1.85 bits per heavy atom. The minimum Gasteiger partial charge on any atom is -0.383 e. The third kappa shape index (κ3) is 6.27. The molecule has 2 amide bonds. The summed E-state index contributed by atoms with van der Waals surface area (Å²) in [5.41, 5.74) is 9.14. The number of pyridine rings is 1. The van der Waals surface area contributed by atoms with Crippen molar-refractivity contribution in [1.29, 1.82) is 0 Å². The van der Waals surface area contributed by atoms with Crippen molar-refractivity contribution in [1.82, 2.24) is 30.6 Å². The Labute approximate surface area is 227 Å². The van der Waals surface area contributed by atoms with Crippen LogP contribution in [0.25, 0.3) is 22.0 Å². The third-order valence-electron chi connectivity index (χ3n) is 6.28. The van der Waals surface area contributed by atoms with Gasteiger partial charge in [-0.2, -0.15) is 0 Å². The first kappa shape index (κ1) is 26.0. The third-order valence-corrected chi connectivity index (χ3v) is 7.05. The summed E-state index contributed by atoms with van der Waals surface area (Å²) in [5.74, 6) is -0.733. The number of aromatic amines is 1. The van der Waals surface area contributed by atoms with E-state index in [-0.39, 0.29) is 23.3 Å². The summed E-state index contributed by atoms with van der Waals surface area (Å²) in [6.07, 6.45) is 6.14. The molecule has 0 saturated heterocycles. The smallest absolute Gasteiger partial charge is 0.263 e. The molecule has 0 aliphatic heterocycles. The molecule has 11 heteroatoms. The molecular weight excluding hydrogens is 517 g/mol. The summed E-state index contributed by atoms with van der Waals surface area (Å²) in [6.45, 7) is 0.352. The number of H-pyrrole nitrogens is 1. The largest absolute Gasteiger partial charge is 0.383 e. The summed E-state index contributed by atoms with van der Waals surface area (Å²) >= 11 is 1.26. The fraction of sp³-hybridized carbons (Fsp3) is 0.179. The summed E-state index contributed by atoms with van der Waals surface area (Å²) in [5, 5.41) is 8.07. The van der Waals surface area contributed by atoms with Gasteiger partial charge in [-0.05, 0) is 42.2 Å². The van der Waals surface area contributed by atoms with E-state index in [1.54, 1.807) is 11.7 Å². The van der Waals surface area contributed by atoms with Crippen LogP contribution in [0.5, 0.6) is 0 Å². The first-order valence-electron chi connectivity index (χ1n) is 12.4. The standard InChI is InChI=1S/C28H26FN7O2S/c29-20-12-21(25(30)33-13-20)27(37)32-10-4-3-7-22(36-28(38)24-15-31-16-39-24)26-34-14-23(35-26)19-9-8-17-5-1-2-6-18(17)11-19/h1-2,5-6,8-9,11-16,22H,3-4,7,10H2,(H2,30,33)(H,32,37)(H,34,35)(H,36,38)/t22-/m0/s1.